The first-order valence-corrected chi connectivity index (χ1v) is 7.27. The van der Waals surface area contributed by atoms with Crippen LogP contribution in [0.4, 0.5) is 11.6 Å². The second-order valence-corrected chi connectivity index (χ2v) is 4.97. The Morgan fingerprint density at radius 3 is 2.85 bits per heavy atom. The SMILES string of the molecule is CCCCC(=O)Nc1ccc(NCC2CCCO2)nn1. The molecular weight excluding hydrogens is 256 g/mol. The highest BCUT2D eigenvalue weighted by Gasteiger charge is 2.15. The monoisotopic (exact) mass is 278 g/mol. The van der Waals surface area contributed by atoms with E-state index in [4.69, 9.17) is 4.74 Å². The zero-order valence-corrected chi connectivity index (χ0v) is 11.9. The van der Waals surface area contributed by atoms with Gasteiger partial charge in [0.25, 0.3) is 0 Å². The highest BCUT2D eigenvalue weighted by Crippen LogP contribution is 2.13. The summed E-state index contributed by atoms with van der Waals surface area (Å²) in [6.07, 6.45) is 4.90. The third-order valence-corrected chi connectivity index (χ3v) is 3.22. The van der Waals surface area contributed by atoms with E-state index >= 15 is 0 Å². The number of anilines is 2. The quantitative estimate of drug-likeness (QED) is 0.799. The Balaban J connectivity index is 1.75. The number of amides is 1. The first-order valence-electron chi connectivity index (χ1n) is 7.27. The number of nitrogens with zero attached hydrogens (tertiary/aromatic N) is 2. The van der Waals surface area contributed by atoms with Crippen molar-refractivity contribution in [2.45, 2.75) is 45.1 Å². The lowest BCUT2D eigenvalue weighted by Crippen LogP contribution is -2.19. The van der Waals surface area contributed by atoms with Gasteiger partial charge in [-0.3, -0.25) is 4.79 Å². The van der Waals surface area contributed by atoms with Gasteiger partial charge in [0.2, 0.25) is 5.91 Å². The van der Waals surface area contributed by atoms with Crippen LogP contribution >= 0.6 is 0 Å². The average Bonchev–Trinajstić information content (AvgIpc) is 2.98. The average molecular weight is 278 g/mol. The van der Waals surface area contributed by atoms with E-state index in [0.29, 0.717) is 18.1 Å². The molecule has 6 nitrogen and oxygen atoms in total. The molecule has 1 amide bonds. The van der Waals surface area contributed by atoms with E-state index in [1.807, 2.05) is 6.07 Å². The molecular formula is C14H22N4O2. The van der Waals surface area contributed by atoms with Crippen molar-refractivity contribution in [3.05, 3.63) is 12.1 Å². The van der Waals surface area contributed by atoms with Crippen LogP contribution in [0.25, 0.3) is 0 Å². The van der Waals surface area contributed by atoms with Gasteiger partial charge in [-0.15, -0.1) is 10.2 Å². The van der Waals surface area contributed by atoms with Gasteiger partial charge < -0.3 is 15.4 Å². The largest absolute Gasteiger partial charge is 0.376 e. The lowest BCUT2D eigenvalue weighted by molar-refractivity contribution is -0.116. The Kier molecular flexibility index (Phi) is 5.73. The number of ether oxygens (including phenoxy) is 1. The van der Waals surface area contributed by atoms with Crippen LogP contribution in [0.3, 0.4) is 0 Å². The Morgan fingerprint density at radius 2 is 2.20 bits per heavy atom. The molecule has 0 saturated carbocycles. The van der Waals surface area contributed by atoms with Crippen molar-refractivity contribution in [2.24, 2.45) is 0 Å². The predicted molar refractivity (Wildman–Crippen MR) is 77.7 cm³/mol. The molecule has 0 radical (unpaired) electrons. The maximum Gasteiger partial charge on any atom is 0.225 e. The van der Waals surface area contributed by atoms with Crippen LogP contribution < -0.4 is 10.6 Å². The van der Waals surface area contributed by atoms with E-state index in [1.165, 1.54) is 0 Å². The van der Waals surface area contributed by atoms with Crippen LogP contribution in [0.15, 0.2) is 12.1 Å². The molecule has 2 N–H and O–H groups in total. The number of unbranched alkanes of at least 4 members (excludes halogenated alkanes) is 1. The van der Waals surface area contributed by atoms with E-state index in [2.05, 4.69) is 27.8 Å². The number of nitrogens with one attached hydrogen (secondary N) is 2. The standard InChI is InChI=1S/C14H22N4O2/c1-2-3-6-14(19)16-13-8-7-12(17-18-13)15-10-11-5-4-9-20-11/h7-8,11H,2-6,9-10H2,1H3,(H,15,17)(H,16,18,19). The van der Waals surface area contributed by atoms with Crippen LogP contribution in [0.1, 0.15) is 39.0 Å². The lowest BCUT2D eigenvalue weighted by atomic mass is 10.2. The van der Waals surface area contributed by atoms with Gasteiger partial charge in [0, 0.05) is 19.6 Å². The molecule has 1 saturated heterocycles. The van der Waals surface area contributed by atoms with Crippen molar-refractivity contribution < 1.29 is 9.53 Å². The number of rotatable bonds is 7. The fraction of sp³-hybridized carbons (Fsp3) is 0.643. The smallest absolute Gasteiger partial charge is 0.225 e. The molecule has 1 unspecified atom stereocenters. The van der Waals surface area contributed by atoms with Crippen molar-refractivity contribution in [1.82, 2.24) is 10.2 Å². The Labute approximate surface area is 119 Å². The number of hydrogen-bond acceptors (Lipinski definition) is 5. The second-order valence-electron chi connectivity index (χ2n) is 4.97. The summed E-state index contributed by atoms with van der Waals surface area (Å²) in [5.74, 6) is 1.18. The molecule has 0 aromatic carbocycles. The summed E-state index contributed by atoms with van der Waals surface area (Å²) in [5, 5.41) is 14.0. The third-order valence-electron chi connectivity index (χ3n) is 3.22. The van der Waals surface area contributed by atoms with Crippen LogP contribution in [0.5, 0.6) is 0 Å². The molecule has 1 fully saturated rings. The minimum absolute atomic E-state index is 0.0128. The van der Waals surface area contributed by atoms with E-state index < -0.39 is 0 Å². The summed E-state index contributed by atoms with van der Waals surface area (Å²) >= 11 is 0. The van der Waals surface area contributed by atoms with Gasteiger partial charge in [-0.25, -0.2) is 0 Å². The van der Waals surface area contributed by atoms with E-state index in [0.717, 1.165) is 38.8 Å². The first kappa shape index (κ1) is 14.7. The molecule has 0 bridgehead atoms. The van der Waals surface area contributed by atoms with Gasteiger partial charge in [-0.2, -0.15) is 0 Å². The van der Waals surface area contributed by atoms with Crippen molar-refractivity contribution in [3.63, 3.8) is 0 Å². The van der Waals surface area contributed by atoms with Gasteiger partial charge >= 0.3 is 0 Å². The lowest BCUT2D eigenvalue weighted by Gasteiger charge is -2.11. The summed E-state index contributed by atoms with van der Waals surface area (Å²) in [6.45, 7) is 3.65. The molecule has 6 heteroatoms. The second kappa shape index (κ2) is 7.79. The Bertz CT molecular complexity index is 416. The first-order chi connectivity index (χ1) is 9.78. The normalized spacial score (nSPS) is 17.9. The van der Waals surface area contributed by atoms with Crippen molar-refractivity contribution in [2.75, 3.05) is 23.8 Å². The number of hydrogen-bond donors (Lipinski definition) is 2. The molecule has 1 aliphatic heterocycles. The zero-order valence-electron chi connectivity index (χ0n) is 11.9. The number of aromatic nitrogens is 2. The topological polar surface area (TPSA) is 76.1 Å². The van der Waals surface area contributed by atoms with Crippen LogP contribution in [-0.2, 0) is 9.53 Å². The maximum absolute atomic E-state index is 11.5. The third kappa shape index (κ3) is 4.77. The number of carbonyl (C=O) groups excluding carboxylic acids is 1. The number of carbonyl (C=O) groups is 1. The Hall–Kier alpha value is -1.69. The van der Waals surface area contributed by atoms with Crippen LogP contribution in [0, 0.1) is 0 Å². The minimum atomic E-state index is -0.0128. The van der Waals surface area contributed by atoms with Crippen LogP contribution in [0.2, 0.25) is 0 Å². The molecule has 20 heavy (non-hydrogen) atoms. The van der Waals surface area contributed by atoms with Gasteiger partial charge in [0.05, 0.1) is 6.10 Å². The minimum Gasteiger partial charge on any atom is -0.376 e. The zero-order chi connectivity index (χ0) is 14.2. The van der Waals surface area contributed by atoms with E-state index in [1.54, 1.807) is 6.07 Å². The van der Waals surface area contributed by atoms with Gasteiger partial charge in [-0.05, 0) is 31.4 Å². The summed E-state index contributed by atoms with van der Waals surface area (Å²) < 4.78 is 5.52. The highest BCUT2D eigenvalue weighted by molar-refractivity contribution is 5.89. The van der Waals surface area contributed by atoms with Crippen molar-refractivity contribution >= 4 is 17.5 Å². The van der Waals surface area contributed by atoms with E-state index in [-0.39, 0.29) is 12.0 Å². The summed E-state index contributed by atoms with van der Waals surface area (Å²) in [7, 11) is 0. The van der Waals surface area contributed by atoms with Gasteiger partial charge in [-0.1, -0.05) is 13.3 Å². The Morgan fingerprint density at radius 1 is 1.40 bits per heavy atom. The van der Waals surface area contributed by atoms with E-state index in [9.17, 15) is 4.79 Å². The molecule has 110 valence electrons. The fourth-order valence-corrected chi connectivity index (χ4v) is 2.06. The molecule has 2 heterocycles. The molecule has 1 aromatic heterocycles. The molecule has 0 spiro atoms. The molecule has 1 aromatic rings. The van der Waals surface area contributed by atoms with Crippen LogP contribution in [-0.4, -0.2) is 35.4 Å². The van der Waals surface area contributed by atoms with Gasteiger partial charge in [0.15, 0.2) is 5.82 Å². The molecule has 1 aliphatic rings. The fourth-order valence-electron chi connectivity index (χ4n) is 2.06. The summed E-state index contributed by atoms with van der Waals surface area (Å²) in [4.78, 5) is 11.5. The summed E-state index contributed by atoms with van der Waals surface area (Å²) in [5.41, 5.74) is 0. The highest BCUT2D eigenvalue weighted by atomic mass is 16.5. The molecule has 1 atom stereocenters. The summed E-state index contributed by atoms with van der Waals surface area (Å²) in [6, 6.07) is 3.58. The van der Waals surface area contributed by atoms with Crippen molar-refractivity contribution in [1.29, 1.82) is 0 Å². The molecule has 2 rings (SSSR count). The van der Waals surface area contributed by atoms with Crippen molar-refractivity contribution in [3.8, 4) is 0 Å². The van der Waals surface area contributed by atoms with Gasteiger partial charge in [0.1, 0.15) is 5.82 Å². The maximum atomic E-state index is 11.5. The predicted octanol–water partition coefficient (Wildman–Crippen LogP) is 2.20. The molecule has 0 aliphatic carbocycles.